The average Bonchev–Trinajstić information content (AvgIpc) is 3.32. The number of amides is 2. The van der Waals surface area contributed by atoms with E-state index in [0.29, 0.717) is 30.1 Å². The number of nitrogens with zero attached hydrogens (tertiary/aromatic N) is 1. The van der Waals surface area contributed by atoms with Crippen molar-refractivity contribution in [2.24, 2.45) is 46.3 Å². The minimum atomic E-state index is -0.478. The second-order valence-electron chi connectivity index (χ2n) is 13.6. The molecule has 3 fully saturated rings. The number of carbonyl (C=O) groups is 2. The molecular formula is C31H47NO3. The summed E-state index contributed by atoms with van der Waals surface area (Å²) in [5.41, 5.74) is 1.49. The van der Waals surface area contributed by atoms with Gasteiger partial charge in [0.1, 0.15) is 0 Å². The second kappa shape index (κ2) is 9.15. The molecule has 1 aliphatic heterocycles. The molecule has 5 rings (SSSR count). The summed E-state index contributed by atoms with van der Waals surface area (Å²) >= 11 is 0. The van der Waals surface area contributed by atoms with Gasteiger partial charge < -0.3 is 5.11 Å². The summed E-state index contributed by atoms with van der Waals surface area (Å²) in [6, 6.07) is -0.239. The first-order chi connectivity index (χ1) is 16.6. The van der Waals surface area contributed by atoms with Crippen LogP contribution in [-0.2, 0) is 9.59 Å². The van der Waals surface area contributed by atoms with Gasteiger partial charge >= 0.3 is 0 Å². The molecule has 35 heavy (non-hydrogen) atoms. The van der Waals surface area contributed by atoms with Crippen molar-refractivity contribution in [2.75, 3.05) is 0 Å². The van der Waals surface area contributed by atoms with Gasteiger partial charge in [-0.2, -0.15) is 0 Å². The van der Waals surface area contributed by atoms with E-state index in [-0.39, 0.29) is 23.3 Å². The lowest BCUT2D eigenvalue weighted by molar-refractivity contribution is -0.149. The van der Waals surface area contributed by atoms with Crippen molar-refractivity contribution in [3.05, 3.63) is 23.8 Å². The molecule has 0 bridgehead atoms. The Morgan fingerprint density at radius 3 is 2.43 bits per heavy atom. The Labute approximate surface area is 212 Å². The minimum Gasteiger partial charge on any atom is -0.393 e. The molecule has 2 amide bonds. The lowest BCUT2D eigenvalue weighted by Gasteiger charge is -2.61. The van der Waals surface area contributed by atoms with Gasteiger partial charge in [-0.05, 0) is 85.9 Å². The van der Waals surface area contributed by atoms with E-state index in [4.69, 9.17) is 0 Å². The number of carbonyl (C=O) groups excluding carboxylic acids is 2. The Hall–Kier alpha value is -1.42. The first kappa shape index (κ1) is 25.2. The fraction of sp³-hybridized carbons (Fsp3) is 0.806. The van der Waals surface area contributed by atoms with Crippen molar-refractivity contribution in [1.82, 2.24) is 4.90 Å². The van der Waals surface area contributed by atoms with E-state index in [0.717, 1.165) is 30.1 Å². The maximum Gasteiger partial charge on any atom is 0.253 e. The lowest BCUT2D eigenvalue weighted by atomic mass is 9.45. The lowest BCUT2D eigenvalue weighted by Crippen LogP contribution is -2.61. The molecule has 1 heterocycles. The summed E-state index contributed by atoms with van der Waals surface area (Å²) in [6.07, 6.45) is 16.2. The largest absolute Gasteiger partial charge is 0.393 e. The summed E-state index contributed by atoms with van der Waals surface area (Å²) in [6.45, 7) is 12.1. The van der Waals surface area contributed by atoms with Gasteiger partial charge in [0.05, 0.1) is 12.1 Å². The zero-order valence-electron chi connectivity index (χ0n) is 22.6. The maximum absolute atomic E-state index is 12.8. The smallest absolute Gasteiger partial charge is 0.253 e. The van der Waals surface area contributed by atoms with Crippen LogP contribution < -0.4 is 0 Å². The van der Waals surface area contributed by atoms with E-state index in [1.165, 1.54) is 67.6 Å². The zero-order chi connectivity index (χ0) is 25.1. The number of imide groups is 1. The molecule has 5 aliphatic rings. The SMILES string of the molecule is CC(C)CCC[C@@H](C)[C@H]1CC[C@H]2[C@@H]3CC=C4C[C@@H](O)CC(N5C(=O)C=CC5=O)[C@]4(C)[C@H]3CC[C@]12C. The fourth-order valence-electron chi connectivity index (χ4n) is 9.82. The summed E-state index contributed by atoms with van der Waals surface area (Å²) in [4.78, 5) is 27.0. The van der Waals surface area contributed by atoms with Gasteiger partial charge in [0, 0.05) is 17.6 Å². The first-order valence-electron chi connectivity index (χ1n) is 14.5. The van der Waals surface area contributed by atoms with E-state index < -0.39 is 6.10 Å². The van der Waals surface area contributed by atoms with Crippen LogP contribution in [-0.4, -0.2) is 34.0 Å². The van der Waals surface area contributed by atoms with Crippen LogP contribution in [0.3, 0.4) is 0 Å². The Balaban J connectivity index is 1.41. The molecule has 1 N–H and O–H groups in total. The normalized spacial score (nSPS) is 43.7. The minimum absolute atomic E-state index is 0.200. The molecule has 0 radical (unpaired) electrons. The van der Waals surface area contributed by atoms with Crippen molar-refractivity contribution >= 4 is 11.8 Å². The number of hydrogen-bond acceptors (Lipinski definition) is 3. The number of fused-ring (bicyclic) bond motifs is 5. The molecule has 0 aromatic carbocycles. The topological polar surface area (TPSA) is 57.6 Å². The number of aliphatic hydroxyl groups is 1. The fourth-order valence-corrected chi connectivity index (χ4v) is 9.82. The van der Waals surface area contributed by atoms with Gasteiger partial charge in [0.2, 0.25) is 0 Å². The van der Waals surface area contributed by atoms with E-state index >= 15 is 0 Å². The zero-order valence-corrected chi connectivity index (χ0v) is 22.6. The summed E-state index contributed by atoms with van der Waals surface area (Å²) in [5.74, 6) is 3.82. The highest BCUT2D eigenvalue weighted by Crippen LogP contribution is 2.67. The van der Waals surface area contributed by atoms with Gasteiger partial charge in [-0.25, -0.2) is 0 Å². The quantitative estimate of drug-likeness (QED) is 0.358. The molecule has 4 heteroatoms. The molecule has 3 saturated carbocycles. The predicted octanol–water partition coefficient (Wildman–Crippen LogP) is 6.29. The van der Waals surface area contributed by atoms with Gasteiger partial charge in [-0.1, -0.05) is 65.5 Å². The standard InChI is InChI=1S/C31H47NO3/c1-19(2)7-6-8-20(3)24-11-12-25-23-10-9-21-17-22(33)18-27(32-28(34)13-14-29(32)35)31(21,5)26(23)15-16-30(24,25)4/h9,13-14,19-20,22-27,33H,6-8,10-12,15-18H2,1-5H3/t20-,22-,23+,24-,25+,26+,27?,30-,31+/m1/s1. The van der Waals surface area contributed by atoms with Crippen molar-refractivity contribution < 1.29 is 14.7 Å². The van der Waals surface area contributed by atoms with Crippen LogP contribution >= 0.6 is 0 Å². The molecule has 0 aromatic rings. The van der Waals surface area contributed by atoms with Gasteiger partial charge in [0.15, 0.2) is 0 Å². The van der Waals surface area contributed by atoms with Crippen molar-refractivity contribution in [1.29, 1.82) is 0 Å². The predicted molar refractivity (Wildman–Crippen MR) is 139 cm³/mol. The van der Waals surface area contributed by atoms with Crippen LogP contribution in [0.4, 0.5) is 0 Å². The number of hydrogen-bond donors (Lipinski definition) is 1. The highest BCUT2D eigenvalue weighted by Gasteiger charge is 2.62. The molecule has 4 nitrogen and oxygen atoms in total. The Morgan fingerprint density at radius 1 is 1.03 bits per heavy atom. The van der Waals surface area contributed by atoms with Crippen LogP contribution in [0.1, 0.15) is 98.8 Å². The Bertz CT molecular complexity index is 902. The monoisotopic (exact) mass is 481 g/mol. The Morgan fingerprint density at radius 2 is 1.74 bits per heavy atom. The first-order valence-corrected chi connectivity index (χ1v) is 14.5. The highest BCUT2D eigenvalue weighted by molar-refractivity contribution is 6.13. The number of aliphatic hydroxyl groups excluding tert-OH is 1. The molecule has 0 saturated heterocycles. The van der Waals surface area contributed by atoms with Crippen LogP contribution in [0.15, 0.2) is 23.8 Å². The molecule has 1 unspecified atom stereocenters. The van der Waals surface area contributed by atoms with Gasteiger partial charge in [-0.3, -0.25) is 14.5 Å². The van der Waals surface area contributed by atoms with E-state index in [9.17, 15) is 14.7 Å². The highest BCUT2D eigenvalue weighted by atomic mass is 16.3. The molecular weight excluding hydrogens is 434 g/mol. The third-order valence-corrected chi connectivity index (χ3v) is 11.5. The average molecular weight is 482 g/mol. The van der Waals surface area contributed by atoms with Crippen molar-refractivity contribution in [3.8, 4) is 0 Å². The second-order valence-corrected chi connectivity index (χ2v) is 13.6. The van der Waals surface area contributed by atoms with Crippen LogP contribution in [0.2, 0.25) is 0 Å². The van der Waals surface area contributed by atoms with Crippen molar-refractivity contribution in [2.45, 2.75) is 111 Å². The third-order valence-electron chi connectivity index (χ3n) is 11.5. The van der Waals surface area contributed by atoms with Crippen LogP contribution in [0.5, 0.6) is 0 Å². The number of rotatable bonds is 6. The number of allylic oxidation sites excluding steroid dienone is 1. The third kappa shape index (κ3) is 3.97. The maximum atomic E-state index is 12.8. The molecule has 194 valence electrons. The van der Waals surface area contributed by atoms with Gasteiger partial charge in [0.25, 0.3) is 11.8 Å². The van der Waals surface area contributed by atoms with Gasteiger partial charge in [-0.15, -0.1) is 0 Å². The van der Waals surface area contributed by atoms with Crippen LogP contribution in [0, 0.1) is 46.3 Å². The molecule has 4 aliphatic carbocycles. The van der Waals surface area contributed by atoms with Crippen LogP contribution in [0.25, 0.3) is 0 Å². The molecule has 9 atom stereocenters. The Kier molecular flexibility index (Phi) is 6.60. The molecule has 0 aromatic heterocycles. The summed E-state index contributed by atoms with van der Waals surface area (Å²) in [7, 11) is 0. The summed E-state index contributed by atoms with van der Waals surface area (Å²) in [5, 5.41) is 10.7. The molecule has 0 spiro atoms. The van der Waals surface area contributed by atoms with Crippen molar-refractivity contribution in [3.63, 3.8) is 0 Å². The van der Waals surface area contributed by atoms with E-state index in [2.05, 4.69) is 40.7 Å². The van der Waals surface area contributed by atoms with E-state index in [1.54, 1.807) is 0 Å². The van der Waals surface area contributed by atoms with E-state index in [1.807, 2.05) is 0 Å². The summed E-state index contributed by atoms with van der Waals surface area (Å²) < 4.78 is 0.